The molecule has 0 aliphatic carbocycles. The molecule has 1 aromatic heterocycles. The largest absolute Gasteiger partial charge is 0.468 e. The van der Waals surface area contributed by atoms with Gasteiger partial charge >= 0.3 is 6.18 Å². The topological polar surface area (TPSA) is 32.6 Å². The van der Waals surface area contributed by atoms with Crippen LogP contribution in [-0.2, 0) is 16.2 Å². The summed E-state index contributed by atoms with van der Waals surface area (Å²) >= 11 is 0. The molecule has 2 atom stereocenters. The second-order valence-corrected chi connectivity index (χ2v) is 9.59. The maximum atomic E-state index is 15.0. The van der Waals surface area contributed by atoms with Crippen molar-refractivity contribution in [3.63, 3.8) is 0 Å². The first kappa shape index (κ1) is 27.5. The molecule has 0 saturated carbocycles. The first-order valence-electron chi connectivity index (χ1n) is 13.0. The van der Waals surface area contributed by atoms with Crippen LogP contribution in [0.4, 0.5) is 13.2 Å². The molecule has 7 heteroatoms. The molecule has 0 N–H and O–H groups in total. The van der Waals surface area contributed by atoms with Gasteiger partial charge in [0.15, 0.2) is 12.9 Å². The number of para-hydroxylation sites is 1. The SMILES string of the molecule is COCn1c(-c2ccccc2)c(C(c2ccccc2)C(OCOc2ccccc2)C(F)(F)F)c2ccc(C)cc21. The minimum atomic E-state index is -4.70. The Morgan fingerprint density at radius 2 is 1.43 bits per heavy atom. The zero-order chi connectivity index (χ0) is 28.1. The van der Waals surface area contributed by atoms with Gasteiger partial charge in [-0.1, -0.05) is 91.0 Å². The van der Waals surface area contributed by atoms with Crippen LogP contribution in [0.3, 0.4) is 0 Å². The Morgan fingerprint density at radius 3 is 2.05 bits per heavy atom. The van der Waals surface area contributed by atoms with E-state index >= 15 is 13.2 Å². The van der Waals surface area contributed by atoms with E-state index in [0.717, 1.165) is 16.6 Å². The highest BCUT2D eigenvalue weighted by Crippen LogP contribution is 2.47. The van der Waals surface area contributed by atoms with Gasteiger partial charge in [0.1, 0.15) is 12.5 Å². The average Bonchev–Trinajstić information content (AvgIpc) is 3.26. The Balaban J connectivity index is 1.74. The minimum Gasteiger partial charge on any atom is -0.468 e. The van der Waals surface area contributed by atoms with Gasteiger partial charge in [0.25, 0.3) is 0 Å². The number of hydrogen-bond acceptors (Lipinski definition) is 3. The maximum absolute atomic E-state index is 15.0. The van der Waals surface area contributed by atoms with Gasteiger partial charge in [-0.2, -0.15) is 13.2 Å². The van der Waals surface area contributed by atoms with Crippen LogP contribution in [-0.4, -0.2) is 30.8 Å². The highest BCUT2D eigenvalue weighted by atomic mass is 19.4. The van der Waals surface area contributed by atoms with Gasteiger partial charge in [0.2, 0.25) is 0 Å². The number of methoxy groups -OCH3 is 1. The number of alkyl halides is 3. The Kier molecular flexibility index (Phi) is 8.24. The fourth-order valence-electron chi connectivity index (χ4n) is 5.20. The molecule has 0 radical (unpaired) electrons. The zero-order valence-corrected chi connectivity index (χ0v) is 22.3. The molecule has 5 aromatic rings. The fraction of sp³-hybridized carbons (Fsp3) is 0.212. The average molecular weight is 546 g/mol. The van der Waals surface area contributed by atoms with Crippen LogP contribution >= 0.6 is 0 Å². The summed E-state index contributed by atoms with van der Waals surface area (Å²) in [4.78, 5) is 0. The first-order valence-corrected chi connectivity index (χ1v) is 13.0. The molecule has 0 bridgehead atoms. The molecule has 0 aliphatic rings. The molecule has 4 aromatic carbocycles. The van der Waals surface area contributed by atoms with Crippen molar-refractivity contribution in [2.75, 3.05) is 13.9 Å². The number of nitrogens with zero attached hydrogens (tertiary/aromatic N) is 1. The van der Waals surface area contributed by atoms with Gasteiger partial charge in [-0.25, -0.2) is 0 Å². The fourth-order valence-corrected chi connectivity index (χ4v) is 5.20. The molecule has 0 aliphatic heterocycles. The summed E-state index contributed by atoms with van der Waals surface area (Å²) in [5, 5.41) is 0.706. The minimum absolute atomic E-state index is 0.167. The third kappa shape index (κ3) is 5.76. The van der Waals surface area contributed by atoms with Crippen LogP contribution in [0.2, 0.25) is 0 Å². The van der Waals surface area contributed by atoms with Gasteiger partial charge in [-0.15, -0.1) is 0 Å². The van der Waals surface area contributed by atoms with E-state index in [9.17, 15) is 0 Å². The van der Waals surface area contributed by atoms with Crippen molar-refractivity contribution in [2.24, 2.45) is 0 Å². The third-order valence-corrected chi connectivity index (χ3v) is 6.88. The smallest absolute Gasteiger partial charge is 0.415 e. The molecule has 5 rings (SSSR count). The van der Waals surface area contributed by atoms with E-state index in [1.807, 2.05) is 60.0 Å². The molecule has 206 valence electrons. The number of fused-ring (bicyclic) bond motifs is 1. The van der Waals surface area contributed by atoms with E-state index in [2.05, 4.69) is 0 Å². The van der Waals surface area contributed by atoms with Crippen LogP contribution in [0.25, 0.3) is 22.2 Å². The molecule has 2 unspecified atom stereocenters. The van der Waals surface area contributed by atoms with Gasteiger partial charge in [-0.05, 0) is 47.4 Å². The lowest BCUT2D eigenvalue weighted by Gasteiger charge is -2.30. The molecule has 0 amide bonds. The summed E-state index contributed by atoms with van der Waals surface area (Å²) in [6, 6.07) is 32.6. The third-order valence-electron chi connectivity index (χ3n) is 6.88. The number of aryl methyl sites for hydroxylation is 1. The van der Waals surface area contributed by atoms with E-state index < -0.39 is 25.0 Å². The van der Waals surface area contributed by atoms with Crippen molar-refractivity contribution < 1.29 is 27.4 Å². The highest BCUT2D eigenvalue weighted by Gasteiger charge is 2.49. The second-order valence-electron chi connectivity index (χ2n) is 9.59. The lowest BCUT2D eigenvalue weighted by molar-refractivity contribution is -0.237. The first-order chi connectivity index (χ1) is 19.4. The van der Waals surface area contributed by atoms with Crippen LogP contribution in [0.15, 0.2) is 109 Å². The van der Waals surface area contributed by atoms with Crippen LogP contribution in [0.5, 0.6) is 5.75 Å². The Labute approximate surface area is 231 Å². The van der Waals surface area contributed by atoms with Crippen LogP contribution < -0.4 is 4.74 Å². The summed E-state index contributed by atoms with van der Waals surface area (Å²) in [6.07, 6.45) is -6.89. The van der Waals surface area contributed by atoms with Gasteiger partial charge in [-0.3, -0.25) is 0 Å². The quantitative estimate of drug-likeness (QED) is 0.165. The van der Waals surface area contributed by atoms with Crippen molar-refractivity contribution in [2.45, 2.75) is 31.9 Å². The van der Waals surface area contributed by atoms with E-state index in [4.69, 9.17) is 14.2 Å². The molecule has 1 heterocycles. The number of ether oxygens (including phenoxy) is 3. The monoisotopic (exact) mass is 545 g/mol. The highest BCUT2D eigenvalue weighted by molar-refractivity contribution is 5.93. The molecular formula is C33H30F3NO3. The second kappa shape index (κ2) is 12.0. The lowest BCUT2D eigenvalue weighted by Crippen LogP contribution is -2.39. The summed E-state index contributed by atoms with van der Waals surface area (Å²) in [5.41, 5.74) is 4.22. The summed E-state index contributed by atoms with van der Waals surface area (Å²) in [7, 11) is 1.58. The predicted molar refractivity (Wildman–Crippen MR) is 150 cm³/mol. The van der Waals surface area contributed by atoms with Crippen LogP contribution in [0, 0.1) is 6.92 Å². The van der Waals surface area contributed by atoms with Gasteiger partial charge in [0, 0.05) is 18.4 Å². The number of halogens is 3. The Bertz CT molecular complexity index is 1530. The van der Waals surface area contributed by atoms with Crippen molar-refractivity contribution >= 4 is 10.9 Å². The molecule has 40 heavy (non-hydrogen) atoms. The van der Waals surface area contributed by atoms with E-state index in [-0.39, 0.29) is 6.73 Å². The number of hydrogen-bond donors (Lipinski definition) is 0. The summed E-state index contributed by atoms with van der Waals surface area (Å²) in [6.45, 7) is 1.57. The van der Waals surface area contributed by atoms with Gasteiger partial charge < -0.3 is 18.8 Å². The Morgan fingerprint density at radius 1 is 0.800 bits per heavy atom. The van der Waals surface area contributed by atoms with E-state index in [1.165, 1.54) is 0 Å². The van der Waals surface area contributed by atoms with Crippen molar-refractivity contribution in [1.29, 1.82) is 0 Å². The van der Waals surface area contributed by atoms with Crippen molar-refractivity contribution in [3.05, 3.63) is 126 Å². The zero-order valence-electron chi connectivity index (χ0n) is 22.3. The van der Waals surface area contributed by atoms with E-state index in [1.54, 1.807) is 67.8 Å². The molecule has 0 fully saturated rings. The van der Waals surface area contributed by atoms with Crippen molar-refractivity contribution in [1.82, 2.24) is 4.57 Å². The normalized spacial score (nSPS) is 13.3. The van der Waals surface area contributed by atoms with Crippen molar-refractivity contribution in [3.8, 4) is 17.0 Å². The lowest BCUT2D eigenvalue weighted by atomic mass is 9.83. The molecule has 0 spiro atoms. The molecule has 0 saturated heterocycles. The summed E-state index contributed by atoms with van der Waals surface area (Å²) < 4.78 is 63.7. The molecular weight excluding hydrogens is 515 g/mol. The predicted octanol–water partition coefficient (Wildman–Crippen LogP) is 8.34. The Hall–Kier alpha value is -4.07. The number of aromatic nitrogens is 1. The number of rotatable bonds is 10. The van der Waals surface area contributed by atoms with Gasteiger partial charge in [0.05, 0.1) is 11.2 Å². The number of benzene rings is 4. The van der Waals surface area contributed by atoms with E-state index in [0.29, 0.717) is 28.0 Å². The summed E-state index contributed by atoms with van der Waals surface area (Å²) in [5.74, 6) is -0.768. The maximum Gasteiger partial charge on any atom is 0.415 e. The standard InChI is InChI=1S/C33H30F3NO3/c1-23-18-19-27-28(20-23)37(21-38-2)31(25-14-8-4-9-15-25)30(27)29(24-12-6-3-7-13-24)32(33(34,35)36)40-22-39-26-16-10-5-11-17-26/h3-20,29,32H,21-22H2,1-2H3. The molecule has 4 nitrogen and oxygen atoms in total. The van der Waals surface area contributed by atoms with Crippen LogP contribution in [0.1, 0.15) is 22.6 Å².